The van der Waals surface area contributed by atoms with Crippen molar-refractivity contribution >= 4 is 34.9 Å². The Bertz CT molecular complexity index is 820. The maximum absolute atomic E-state index is 12.2. The molecule has 0 spiro atoms. The van der Waals surface area contributed by atoms with E-state index in [1.165, 1.54) is 0 Å². The van der Waals surface area contributed by atoms with Crippen LogP contribution >= 0.6 is 23.2 Å². The zero-order chi connectivity index (χ0) is 18.0. The summed E-state index contributed by atoms with van der Waals surface area (Å²) in [6, 6.07) is 4.69. The van der Waals surface area contributed by atoms with Gasteiger partial charge in [0.2, 0.25) is 0 Å². The maximum Gasteiger partial charge on any atom is 0.251 e. The summed E-state index contributed by atoms with van der Waals surface area (Å²) in [5, 5.41) is 3.63. The Morgan fingerprint density at radius 1 is 1.28 bits per heavy atom. The lowest BCUT2D eigenvalue weighted by Crippen LogP contribution is -2.29. The molecule has 1 aliphatic heterocycles. The second-order valence-corrected chi connectivity index (χ2v) is 6.64. The highest BCUT2D eigenvalue weighted by atomic mass is 35.5. The van der Waals surface area contributed by atoms with Gasteiger partial charge in [-0.2, -0.15) is 0 Å². The van der Waals surface area contributed by atoms with E-state index in [9.17, 15) is 9.59 Å². The summed E-state index contributed by atoms with van der Waals surface area (Å²) in [4.78, 5) is 29.2. The molecule has 5 nitrogen and oxygen atoms in total. The van der Waals surface area contributed by atoms with Crippen molar-refractivity contribution in [2.45, 2.75) is 19.8 Å². The Kier molecular flexibility index (Phi) is 5.16. The van der Waals surface area contributed by atoms with Crippen molar-refractivity contribution < 1.29 is 14.4 Å². The SMILES string of the molecule is CC1=C(CCNC(=O)c2cc(Cl)cc(Cl)c2)NOC2=CCC(=O)C=C21. The molecular weight excluding hydrogens is 363 g/mol. The third kappa shape index (κ3) is 4.06. The Hall–Kier alpha value is -2.24. The average Bonchev–Trinajstić information content (AvgIpc) is 2.56. The highest BCUT2D eigenvalue weighted by Gasteiger charge is 2.23. The number of nitrogens with one attached hydrogen (secondary N) is 2. The van der Waals surface area contributed by atoms with E-state index >= 15 is 0 Å². The molecule has 1 aromatic rings. The van der Waals surface area contributed by atoms with Crippen LogP contribution in [0.25, 0.3) is 0 Å². The Labute approximate surface area is 155 Å². The number of carbonyl (C=O) groups excluding carboxylic acids is 2. The summed E-state index contributed by atoms with van der Waals surface area (Å²) in [5.74, 6) is 0.458. The van der Waals surface area contributed by atoms with Crippen LogP contribution in [0.3, 0.4) is 0 Å². The van der Waals surface area contributed by atoms with Gasteiger partial charge in [-0.15, -0.1) is 0 Å². The van der Waals surface area contributed by atoms with Gasteiger partial charge < -0.3 is 10.2 Å². The Morgan fingerprint density at radius 3 is 2.72 bits per heavy atom. The first-order valence-corrected chi connectivity index (χ1v) is 8.52. The molecule has 1 heterocycles. The minimum atomic E-state index is -0.257. The first-order chi connectivity index (χ1) is 11.9. The number of carbonyl (C=O) groups is 2. The second-order valence-electron chi connectivity index (χ2n) is 5.77. The molecule has 1 amide bonds. The first-order valence-electron chi connectivity index (χ1n) is 7.76. The minimum absolute atomic E-state index is 0.0501. The molecule has 130 valence electrons. The van der Waals surface area contributed by atoms with E-state index in [2.05, 4.69) is 10.8 Å². The molecule has 0 aromatic heterocycles. The molecular formula is C18H16Cl2N2O3. The van der Waals surface area contributed by atoms with Crippen LogP contribution in [0, 0.1) is 0 Å². The number of hydroxylamine groups is 1. The number of hydrogen-bond acceptors (Lipinski definition) is 4. The summed E-state index contributed by atoms with van der Waals surface area (Å²) >= 11 is 11.8. The van der Waals surface area contributed by atoms with Crippen molar-refractivity contribution in [3.8, 4) is 0 Å². The lowest BCUT2D eigenvalue weighted by Gasteiger charge is -2.26. The van der Waals surface area contributed by atoms with Gasteiger partial charge in [0.25, 0.3) is 5.91 Å². The summed E-state index contributed by atoms with van der Waals surface area (Å²) in [5.41, 5.74) is 5.83. The Morgan fingerprint density at radius 2 is 2.00 bits per heavy atom. The number of fused-ring (bicyclic) bond motifs is 1. The maximum atomic E-state index is 12.2. The molecule has 1 aliphatic carbocycles. The molecule has 0 bridgehead atoms. The molecule has 2 aliphatic rings. The monoisotopic (exact) mass is 378 g/mol. The predicted molar refractivity (Wildman–Crippen MR) is 96.1 cm³/mol. The quantitative estimate of drug-likeness (QED) is 0.837. The molecule has 0 saturated carbocycles. The van der Waals surface area contributed by atoms with Crippen LogP contribution in [0.4, 0.5) is 0 Å². The van der Waals surface area contributed by atoms with Crippen LogP contribution in [0.15, 0.2) is 53.0 Å². The van der Waals surface area contributed by atoms with Crippen LogP contribution in [0.1, 0.15) is 30.1 Å². The number of halogens is 2. The number of ketones is 1. The van der Waals surface area contributed by atoms with E-state index in [1.54, 1.807) is 30.4 Å². The van der Waals surface area contributed by atoms with E-state index in [0.717, 1.165) is 16.8 Å². The molecule has 2 N–H and O–H groups in total. The topological polar surface area (TPSA) is 67.4 Å². The molecule has 0 atom stereocenters. The average molecular weight is 379 g/mol. The molecule has 3 rings (SSSR count). The van der Waals surface area contributed by atoms with E-state index in [1.807, 2.05) is 6.92 Å². The van der Waals surface area contributed by atoms with Gasteiger partial charge in [-0.3, -0.25) is 9.59 Å². The van der Waals surface area contributed by atoms with Crippen molar-refractivity contribution in [1.29, 1.82) is 0 Å². The number of amides is 1. The standard InChI is InChI=1S/C18H16Cl2N2O3/c1-10-15-9-14(23)2-3-17(15)25-22-16(10)4-5-21-18(24)11-6-12(19)8-13(20)7-11/h3,6-9,22H,2,4-5H2,1H3,(H,21,24). The van der Waals surface area contributed by atoms with Gasteiger partial charge in [-0.1, -0.05) is 23.2 Å². The zero-order valence-electron chi connectivity index (χ0n) is 13.5. The van der Waals surface area contributed by atoms with Crippen LogP contribution in [0.5, 0.6) is 0 Å². The van der Waals surface area contributed by atoms with Gasteiger partial charge in [0.15, 0.2) is 11.5 Å². The molecule has 25 heavy (non-hydrogen) atoms. The van der Waals surface area contributed by atoms with Crippen LogP contribution in [-0.2, 0) is 9.63 Å². The third-order valence-corrected chi connectivity index (χ3v) is 4.42. The van der Waals surface area contributed by atoms with Gasteiger partial charge in [0.05, 0.1) is 5.70 Å². The van der Waals surface area contributed by atoms with Crippen molar-refractivity contribution in [2.24, 2.45) is 0 Å². The zero-order valence-corrected chi connectivity index (χ0v) is 15.0. The van der Waals surface area contributed by atoms with Gasteiger partial charge in [0.1, 0.15) is 0 Å². The van der Waals surface area contributed by atoms with Crippen LogP contribution in [0.2, 0.25) is 10.0 Å². The number of benzene rings is 1. The summed E-state index contributed by atoms with van der Waals surface area (Å²) in [6.45, 7) is 2.31. The first kappa shape index (κ1) is 17.6. The van der Waals surface area contributed by atoms with Crippen LogP contribution in [-0.4, -0.2) is 18.2 Å². The number of hydrogen-bond donors (Lipinski definition) is 2. The van der Waals surface area contributed by atoms with Gasteiger partial charge in [-0.25, -0.2) is 5.48 Å². The van der Waals surface area contributed by atoms with Gasteiger partial charge in [-0.05, 0) is 42.8 Å². The van der Waals surface area contributed by atoms with E-state index in [0.29, 0.717) is 40.8 Å². The van der Waals surface area contributed by atoms with Crippen molar-refractivity contribution in [1.82, 2.24) is 10.8 Å². The third-order valence-electron chi connectivity index (χ3n) is 3.99. The van der Waals surface area contributed by atoms with E-state index in [4.69, 9.17) is 28.0 Å². The predicted octanol–water partition coefficient (Wildman–Crippen LogP) is 3.71. The van der Waals surface area contributed by atoms with Crippen molar-refractivity contribution in [3.05, 3.63) is 68.6 Å². The largest absolute Gasteiger partial charge is 0.382 e. The summed E-state index contributed by atoms with van der Waals surface area (Å²) in [7, 11) is 0. The summed E-state index contributed by atoms with van der Waals surface area (Å²) in [6.07, 6.45) is 4.24. The highest BCUT2D eigenvalue weighted by molar-refractivity contribution is 6.35. The van der Waals surface area contributed by atoms with Gasteiger partial charge in [0, 0.05) is 40.6 Å². The molecule has 0 fully saturated rings. The second kappa shape index (κ2) is 7.33. The number of rotatable bonds is 4. The fourth-order valence-electron chi connectivity index (χ4n) is 2.67. The lowest BCUT2D eigenvalue weighted by molar-refractivity contribution is -0.114. The highest BCUT2D eigenvalue weighted by Crippen LogP contribution is 2.30. The number of allylic oxidation sites excluding steroid dienone is 3. The van der Waals surface area contributed by atoms with E-state index < -0.39 is 0 Å². The van der Waals surface area contributed by atoms with Crippen LogP contribution < -0.4 is 10.8 Å². The molecule has 7 heteroatoms. The van der Waals surface area contributed by atoms with E-state index in [-0.39, 0.29) is 11.7 Å². The Balaban J connectivity index is 1.64. The molecule has 0 unspecified atom stereocenters. The molecule has 1 aromatic carbocycles. The summed E-state index contributed by atoms with van der Waals surface area (Å²) < 4.78 is 0. The fraction of sp³-hybridized carbons (Fsp3) is 0.222. The van der Waals surface area contributed by atoms with Crippen molar-refractivity contribution in [3.63, 3.8) is 0 Å². The lowest BCUT2D eigenvalue weighted by atomic mass is 9.95. The van der Waals surface area contributed by atoms with Gasteiger partial charge >= 0.3 is 0 Å². The molecule has 0 saturated heterocycles. The normalized spacial score (nSPS) is 16.4. The fourth-order valence-corrected chi connectivity index (χ4v) is 3.19. The van der Waals surface area contributed by atoms with Crippen molar-refractivity contribution in [2.75, 3.05) is 6.54 Å². The minimum Gasteiger partial charge on any atom is -0.382 e. The molecule has 0 radical (unpaired) electrons. The smallest absolute Gasteiger partial charge is 0.251 e.